The van der Waals surface area contributed by atoms with Crippen LogP contribution in [0.2, 0.25) is 0 Å². The molecule has 0 spiro atoms. The summed E-state index contributed by atoms with van der Waals surface area (Å²) in [6, 6.07) is 16.9. The third-order valence-corrected chi connectivity index (χ3v) is 6.13. The largest absolute Gasteiger partial charge is 0.408 e. The van der Waals surface area contributed by atoms with Crippen LogP contribution in [0.15, 0.2) is 70.3 Å². The molecule has 0 N–H and O–H groups in total. The molecule has 3 aromatic rings. The second-order valence-corrected chi connectivity index (χ2v) is 10.2. The maximum Gasteiger partial charge on any atom is 0.408 e. The fraction of sp³-hybridized carbons (Fsp3) is 0.444. The standard InChI is InChI=1S/C27H37N4O2S/c1-7-32-24(20-33-27(3,4)5)19-31(18-22-11-9-8-10-12-22)23-13-14-25(21(2)17-23)28-29-26-30(6)15-16-34-26/h8-17,24H,7,18-20H2,1-6H3/q+1. The third kappa shape index (κ3) is 8.01. The van der Waals surface area contributed by atoms with Gasteiger partial charge in [-0.2, -0.15) is 0 Å². The van der Waals surface area contributed by atoms with Gasteiger partial charge in [-0.15, -0.1) is 0 Å². The van der Waals surface area contributed by atoms with Crippen LogP contribution in [0.5, 0.6) is 0 Å². The van der Waals surface area contributed by atoms with Crippen molar-refractivity contribution in [3.63, 3.8) is 0 Å². The molecule has 0 saturated heterocycles. The Morgan fingerprint density at radius 3 is 2.47 bits per heavy atom. The van der Waals surface area contributed by atoms with Crippen molar-refractivity contribution in [3.8, 4) is 0 Å². The van der Waals surface area contributed by atoms with E-state index in [-0.39, 0.29) is 11.7 Å². The van der Waals surface area contributed by atoms with Crippen molar-refractivity contribution in [1.29, 1.82) is 0 Å². The lowest BCUT2D eigenvalue weighted by Gasteiger charge is -2.31. The first kappa shape index (κ1) is 26.0. The molecule has 0 radical (unpaired) electrons. The van der Waals surface area contributed by atoms with Gasteiger partial charge in [0, 0.05) is 30.8 Å². The lowest BCUT2D eigenvalue weighted by Crippen LogP contribution is -2.38. The fourth-order valence-corrected chi connectivity index (χ4v) is 4.19. The highest BCUT2D eigenvalue weighted by Gasteiger charge is 2.20. The minimum Gasteiger partial charge on any atom is -0.374 e. The molecule has 6 nitrogen and oxygen atoms in total. The van der Waals surface area contributed by atoms with Crippen LogP contribution in [0.25, 0.3) is 0 Å². The average Bonchev–Trinajstić information content (AvgIpc) is 3.21. The number of hydrogen-bond donors (Lipinski definition) is 0. The van der Waals surface area contributed by atoms with Crippen molar-refractivity contribution >= 4 is 27.8 Å². The summed E-state index contributed by atoms with van der Waals surface area (Å²) in [6.45, 7) is 13.0. The van der Waals surface area contributed by atoms with E-state index < -0.39 is 0 Å². The van der Waals surface area contributed by atoms with Gasteiger partial charge >= 0.3 is 5.13 Å². The highest BCUT2D eigenvalue weighted by atomic mass is 32.1. The first-order valence-electron chi connectivity index (χ1n) is 11.7. The van der Waals surface area contributed by atoms with Crippen molar-refractivity contribution in [2.75, 3.05) is 24.7 Å². The normalized spacial score (nSPS) is 12.9. The van der Waals surface area contributed by atoms with Crippen LogP contribution in [0, 0.1) is 6.92 Å². The second kappa shape index (κ2) is 12.2. The van der Waals surface area contributed by atoms with E-state index in [1.54, 1.807) is 11.3 Å². The molecule has 1 unspecified atom stereocenters. The number of thiazole rings is 1. The molecule has 182 valence electrons. The topological polar surface area (TPSA) is 50.3 Å². The van der Waals surface area contributed by atoms with E-state index in [2.05, 4.69) is 79.2 Å². The predicted molar refractivity (Wildman–Crippen MR) is 139 cm³/mol. The molecule has 3 rings (SSSR count). The summed E-state index contributed by atoms with van der Waals surface area (Å²) < 4.78 is 14.1. The van der Waals surface area contributed by atoms with Gasteiger partial charge in [-0.3, -0.25) is 0 Å². The zero-order valence-corrected chi connectivity index (χ0v) is 22.0. The summed E-state index contributed by atoms with van der Waals surface area (Å²) in [4.78, 5) is 2.36. The molecule has 0 aliphatic carbocycles. The maximum atomic E-state index is 6.07. The molecule has 0 amide bonds. The van der Waals surface area contributed by atoms with Crippen LogP contribution >= 0.6 is 11.3 Å². The number of azo groups is 1. The number of aryl methyl sites for hydroxylation is 2. The average molecular weight is 482 g/mol. The monoisotopic (exact) mass is 481 g/mol. The van der Waals surface area contributed by atoms with Crippen molar-refractivity contribution in [3.05, 3.63) is 71.2 Å². The van der Waals surface area contributed by atoms with E-state index in [1.165, 1.54) is 5.56 Å². The Morgan fingerprint density at radius 2 is 1.85 bits per heavy atom. The summed E-state index contributed by atoms with van der Waals surface area (Å²) in [5, 5.41) is 11.8. The molecule has 1 aromatic heterocycles. The van der Waals surface area contributed by atoms with Crippen LogP contribution in [0.3, 0.4) is 0 Å². The minimum atomic E-state index is -0.206. The molecule has 0 aliphatic rings. The SMILES string of the molecule is CCOC(COC(C)(C)C)CN(Cc1ccccc1)c1ccc(N=Nc2scc[n+]2C)c(C)c1. The van der Waals surface area contributed by atoms with Gasteiger partial charge < -0.3 is 14.4 Å². The molecular weight excluding hydrogens is 444 g/mol. The molecule has 0 fully saturated rings. The lowest BCUT2D eigenvalue weighted by molar-refractivity contribution is -0.654. The van der Waals surface area contributed by atoms with Crippen LogP contribution in [0.1, 0.15) is 38.8 Å². The Morgan fingerprint density at radius 1 is 1.09 bits per heavy atom. The summed E-state index contributed by atoms with van der Waals surface area (Å²) in [5.41, 5.74) is 4.12. The highest BCUT2D eigenvalue weighted by Crippen LogP contribution is 2.28. The summed E-state index contributed by atoms with van der Waals surface area (Å²) in [6.07, 6.45) is 1.95. The van der Waals surface area contributed by atoms with E-state index in [4.69, 9.17) is 9.47 Å². The Bertz CT molecular complexity index is 1060. The Labute approximate surface area is 207 Å². The predicted octanol–water partition coefficient (Wildman–Crippen LogP) is 6.52. The number of ether oxygens (including phenoxy) is 2. The van der Waals surface area contributed by atoms with Gasteiger partial charge in [-0.25, -0.2) is 4.57 Å². The zero-order chi connectivity index (χ0) is 24.6. The molecule has 2 aromatic carbocycles. The lowest BCUT2D eigenvalue weighted by atomic mass is 10.1. The van der Waals surface area contributed by atoms with Crippen molar-refractivity contribution < 1.29 is 14.0 Å². The van der Waals surface area contributed by atoms with E-state index in [0.29, 0.717) is 13.2 Å². The smallest absolute Gasteiger partial charge is 0.374 e. The van der Waals surface area contributed by atoms with E-state index in [1.807, 2.05) is 42.2 Å². The molecule has 34 heavy (non-hydrogen) atoms. The zero-order valence-electron chi connectivity index (χ0n) is 21.2. The van der Waals surface area contributed by atoms with Crippen LogP contribution < -0.4 is 9.47 Å². The Balaban J connectivity index is 1.83. The molecule has 7 heteroatoms. The number of hydrogen-bond acceptors (Lipinski definition) is 6. The first-order chi connectivity index (χ1) is 16.2. The van der Waals surface area contributed by atoms with Gasteiger partial charge in [0.2, 0.25) is 0 Å². The second-order valence-electron chi connectivity index (χ2n) is 9.33. The Kier molecular flexibility index (Phi) is 9.33. The van der Waals surface area contributed by atoms with Gasteiger partial charge in [0.1, 0.15) is 11.9 Å². The first-order valence-corrected chi connectivity index (χ1v) is 12.6. The molecule has 0 bridgehead atoms. The quantitative estimate of drug-likeness (QED) is 0.231. The van der Waals surface area contributed by atoms with Gasteiger partial charge in [-0.1, -0.05) is 30.3 Å². The number of nitrogens with zero attached hydrogens (tertiary/aromatic N) is 4. The summed E-state index contributed by atoms with van der Waals surface area (Å²) in [7, 11) is 1.97. The van der Waals surface area contributed by atoms with Gasteiger partial charge in [0.05, 0.1) is 30.5 Å². The van der Waals surface area contributed by atoms with Crippen molar-refractivity contribution in [1.82, 2.24) is 0 Å². The van der Waals surface area contributed by atoms with Gasteiger partial charge in [0.15, 0.2) is 0 Å². The highest BCUT2D eigenvalue weighted by molar-refractivity contribution is 7.12. The maximum absolute atomic E-state index is 6.07. The Hall–Kier alpha value is -2.61. The molecule has 1 atom stereocenters. The van der Waals surface area contributed by atoms with Crippen molar-refractivity contribution in [2.45, 2.75) is 52.9 Å². The summed E-state index contributed by atoms with van der Waals surface area (Å²) in [5.74, 6) is 0. The van der Waals surface area contributed by atoms with Crippen LogP contribution in [0.4, 0.5) is 16.5 Å². The third-order valence-electron chi connectivity index (χ3n) is 5.29. The molecule has 0 aliphatic heterocycles. The number of benzene rings is 2. The van der Waals surface area contributed by atoms with Crippen LogP contribution in [-0.2, 0) is 23.1 Å². The molecule has 1 heterocycles. The van der Waals surface area contributed by atoms with Gasteiger partial charge in [0.25, 0.3) is 0 Å². The number of aromatic nitrogens is 1. The summed E-state index contributed by atoms with van der Waals surface area (Å²) >= 11 is 1.57. The number of rotatable bonds is 11. The fourth-order valence-electron chi connectivity index (χ4n) is 3.51. The van der Waals surface area contributed by atoms with E-state index in [0.717, 1.165) is 35.2 Å². The van der Waals surface area contributed by atoms with Crippen LogP contribution in [-0.4, -0.2) is 31.5 Å². The van der Waals surface area contributed by atoms with Gasteiger partial charge in [-0.05, 0) is 80.4 Å². The van der Waals surface area contributed by atoms with E-state index in [9.17, 15) is 0 Å². The number of anilines is 1. The van der Waals surface area contributed by atoms with Crippen molar-refractivity contribution in [2.24, 2.45) is 17.3 Å². The molecular formula is C27H37N4O2S+. The molecule has 0 saturated carbocycles. The van der Waals surface area contributed by atoms with E-state index >= 15 is 0 Å². The minimum absolute atomic E-state index is 0.0357.